The molecule has 0 aliphatic carbocycles. The number of nitrogens with one attached hydrogen (secondary N) is 2. The fourth-order valence-corrected chi connectivity index (χ4v) is 1.64. The zero-order valence-electron chi connectivity index (χ0n) is 11.6. The molecule has 0 saturated heterocycles. The maximum atomic E-state index is 5.86. The molecule has 110 valence electrons. The summed E-state index contributed by atoms with van der Waals surface area (Å²) in [7, 11) is 0. The van der Waals surface area contributed by atoms with Crippen molar-refractivity contribution < 1.29 is 4.74 Å². The molecule has 0 spiro atoms. The molecule has 1 aromatic heterocycles. The lowest BCUT2D eigenvalue weighted by atomic mass is 10.3. The fraction of sp³-hybridized carbons (Fsp3) is 0.214. The molecule has 0 aliphatic rings. The van der Waals surface area contributed by atoms with E-state index in [1.54, 1.807) is 18.2 Å². The lowest BCUT2D eigenvalue weighted by molar-refractivity contribution is 0.312. The summed E-state index contributed by atoms with van der Waals surface area (Å²) in [5, 5.41) is 6.75. The zero-order chi connectivity index (χ0) is 15.1. The Morgan fingerprint density at radius 3 is 2.57 bits per heavy atom. The molecule has 6 nitrogen and oxygen atoms in total. The van der Waals surface area contributed by atoms with Gasteiger partial charge in [0.2, 0.25) is 11.9 Å². The van der Waals surface area contributed by atoms with Gasteiger partial charge in [-0.25, -0.2) is 0 Å². The van der Waals surface area contributed by atoms with Gasteiger partial charge in [-0.3, -0.25) is 0 Å². The topological polar surface area (TPSA) is 72.0 Å². The summed E-state index contributed by atoms with van der Waals surface area (Å²) in [5.41, 5.74) is 0.822. The SMILES string of the molecule is C=CCNc1nc(Nc2ccc(Cl)cc2)nc(OCC)n1. The standard InChI is InChI=1S/C14H16ClN5O/c1-3-9-16-12-18-13(20-14(19-12)21-4-2)17-11-7-5-10(15)6-8-11/h3,5-8H,1,4,9H2,2H3,(H2,16,17,18,19,20). The van der Waals surface area contributed by atoms with E-state index in [0.29, 0.717) is 30.1 Å². The number of halogens is 1. The van der Waals surface area contributed by atoms with Gasteiger partial charge in [0.1, 0.15) is 0 Å². The minimum Gasteiger partial charge on any atom is -0.464 e. The predicted octanol–water partition coefficient (Wildman–Crippen LogP) is 3.27. The van der Waals surface area contributed by atoms with E-state index in [0.717, 1.165) is 5.69 Å². The number of nitrogens with zero attached hydrogens (tertiary/aromatic N) is 3. The van der Waals surface area contributed by atoms with E-state index in [4.69, 9.17) is 16.3 Å². The summed E-state index contributed by atoms with van der Waals surface area (Å²) in [6, 6.07) is 7.50. The second kappa shape index (κ2) is 7.44. The van der Waals surface area contributed by atoms with Crippen molar-refractivity contribution in [1.29, 1.82) is 0 Å². The lowest BCUT2D eigenvalue weighted by Gasteiger charge is -2.09. The largest absolute Gasteiger partial charge is 0.464 e. The molecule has 0 unspecified atom stereocenters. The highest BCUT2D eigenvalue weighted by Crippen LogP contribution is 2.18. The molecule has 1 aromatic carbocycles. The van der Waals surface area contributed by atoms with Gasteiger partial charge >= 0.3 is 6.01 Å². The molecule has 7 heteroatoms. The zero-order valence-corrected chi connectivity index (χ0v) is 12.4. The summed E-state index contributed by atoms with van der Waals surface area (Å²) in [4.78, 5) is 12.6. The van der Waals surface area contributed by atoms with Crippen LogP contribution >= 0.6 is 11.6 Å². The summed E-state index contributed by atoms with van der Waals surface area (Å²) in [6.07, 6.45) is 1.72. The quantitative estimate of drug-likeness (QED) is 0.765. The van der Waals surface area contributed by atoms with Crippen LogP contribution in [0.25, 0.3) is 0 Å². The van der Waals surface area contributed by atoms with E-state index < -0.39 is 0 Å². The van der Waals surface area contributed by atoms with Crippen LogP contribution in [0.3, 0.4) is 0 Å². The molecular formula is C14H16ClN5O. The maximum absolute atomic E-state index is 5.86. The molecule has 2 aromatic rings. The molecular weight excluding hydrogens is 290 g/mol. The molecule has 0 bridgehead atoms. The second-order valence-corrected chi connectivity index (χ2v) is 4.44. The Morgan fingerprint density at radius 1 is 1.19 bits per heavy atom. The molecule has 0 aliphatic heterocycles. The van der Waals surface area contributed by atoms with Crippen molar-refractivity contribution in [3.05, 3.63) is 41.9 Å². The molecule has 2 rings (SSSR count). The number of anilines is 3. The lowest BCUT2D eigenvalue weighted by Crippen LogP contribution is -2.09. The van der Waals surface area contributed by atoms with E-state index in [1.807, 2.05) is 19.1 Å². The van der Waals surface area contributed by atoms with Gasteiger partial charge in [-0.15, -0.1) is 6.58 Å². The Bertz CT molecular complexity index is 603. The average Bonchev–Trinajstić information content (AvgIpc) is 2.48. The van der Waals surface area contributed by atoms with Crippen molar-refractivity contribution in [1.82, 2.24) is 15.0 Å². The van der Waals surface area contributed by atoms with Crippen LogP contribution in [-0.4, -0.2) is 28.1 Å². The van der Waals surface area contributed by atoms with Crippen molar-refractivity contribution in [3.63, 3.8) is 0 Å². The highest BCUT2D eigenvalue weighted by molar-refractivity contribution is 6.30. The molecule has 1 heterocycles. The van der Waals surface area contributed by atoms with Crippen LogP contribution in [0.4, 0.5) is 17.6 Å². The van der Waals surface area contributed by atoms with Crippen LogP contribution in [0.2, 0.25) is 5.02 Å². The Hall–Kier alpha value is -2.34. The predicted molar refractivity (Wildman–Crippen MR) is 84.4 cm³/mol. The second-order valence-electron chi connectivity index (χ2n) is 4.00. The number of hydrogen-bond donors (Lipinski definition) is 2. The first kappa shape index (κ1) is 15.1. The molecule has 0 fully saturated rings. The van der Waals surface area contributed by atoms with E-state index in [9.17, 15) is 0 Å². The van der Waals surface area contributed by atoms with Crippen molar-refractivity contribution in [3.8, 4) is 6.01 Å². The van der Waals surface area contributed by atoms with Crippen LogP contribution in [0, 0.1) is 0 Å². The highest BCUT2D eigenvalue weighted by atomic mass is 35.5. The first-order chi connectivity index (χ1) is 10.2. The molecule has 0 saturated carbocycles. The number of hydrogen-bond acceptors (Lipinski definition) is 6. The molecule has 2 N–H and O–H groups in total. The van der Waals surface area contributed by atoms with E-state index in [1.165, 1.54) is 0 Å². The fourth-order valence-electron chi connectivity index (χ4n) is 1.51. The van der Waals surface area contributed by atoms with Gasteiger partial charge in [0, 0.05) is 17.3 Å². The van der Waals surface area contributed by atoms with Gasteiger partial charge in [-0.1, -0.05) is 17.7 Å². The first-order valence-electron chi connectivity index (χ1n) is 6.47. The summed E-state index contributed by atoms with van der Waals surface area (Å²) in [5.74, 6) is 0.812. The van der Waals surface area contributed by atoms with Gasteiger partial charge in [0.15, 0.2) is 0 Å². The summed E-state index contributed by atoms with van der Waals surface area (Å²) < 4.78 is 5.33. The monoisotopic (exact) mass is 305 g/mol. The Kier molecular flexibility index (Phi) is 5.34. The average molecular weight is 306 g/mol. The molecule has 0 amide bonds. The van der Waals surface area contributed by atoms with Crippen LogP contribution in [0.1, 0.15) is 6.92 Å². The highest BCUT2D eigenvalue weighted by Gasteiger charge is 2.07. The van der Waals surface area contributed by atoms with E-state index >= 15 is 0 Å². The summed E-state index contributed by atoms with van der Waals surface area (Å²) in [6.45, 7) is 6.54. The molecule has 0 radical (unpaired) electrons. The van der Waals surface area contributed by atoms with Crippen molar-refractivity contribution in [2.24, 2.45) is 0 Å². The minimum atomic E-state index is 0.260. The van der Waals surface area contributed by atoms with Gasteiger partial charge < -0.3 is 15.4 Å². The van der Waals surface area contributed by atoms with Crippen LogP contribution in [0.15, 0.2) is 36.9 Å². The summed E-state index contributed by atoms with van der Waals surface area (Å²) >= 11 is 5.86. The molecule has 21 heavy (non-hydrogen) atoms. The van der Waals surface area contributed by atoms with Gasteiger partial charge in [0.05, 0.1) is 6.61 Å². The Morgan fingerprint density at radius 2 is 1.90 bits per heavy atom. The van der Waals surface area contributed by atoms with Crippen molar-refractivity contribution >= 4 is 29.2 Å². The smallest absolute Gasteiger partial charge is 0.323 e. The third-order valence-electron chi connectivity index (χ3n) is 2.39. The third-order valence-corrected chi connectivity index (χ3v) is 2.65. The minimum absolute atomic E-state index is 0.260. The number of ether oxygens (including phenoxy) is 1. The van der Waals surface area contributed by atoms with Gasteiger partial charge in [-0.2, -0.15) is 15.0 Å². The van der Waals surface area contributed by atoms with Crippen molar-refractivity contribution in [2.45, 2.75) is 6.92 Å². The van der Waals surface area contributed by atoms with Gasteiger partial charge in [-0.05, 0) is 31.2 Å². The van der Waals surface area contributed by atoms with Gasteiger partial charge in [0.25, 0.3) is 0 Å². The first-order valence-corrected chi connectivity index (χ1v) is 6.85. The van der Waals surface area contributed by atoms with Crippen LogP contribution in [-0.2, 0) is 0 Å². The molecule has 0 atom stereocenters. The number of aromatic nitrogens is 3. The van der Waals surface area contributed by atoms with E-state index in [-0.39, 0.29) is 6.01 Å². The van der Waals surface area contributed by atoms with Crippen LogP contribution < -0.4 is 15.4 Å². The third kappa shape index (κ3) is 4.61. The van der Waals surface area contributed by atoms with Crippen molar-refractivity contribution in [2.75, 3.05) is 23.8 Å². The Balaban J connectivity index is 2.21. The number of benzene rings is 1. The van der Waals surface area contributed by atoms with E-state index in [2.05, 4.69) is 32.2 Å². The number of rotatable bonds is 7. The maximum Gasteiger partial charge on any atom is 0.323 e. The Labute approximate surface area is 128 Å². The normalized spacial score (nSPS) is 10.0. The van der Waals surface area contributed by atoms with Crippen LogP contribution in [0.5, 0.6) is 6.01 Å².